The molecule has 3 unspecified atom stereocenters. The lowest BCUT2D eigenvalue weighted by atomic mass is 9.90. The van der Waals surface area contributed by atoms with E-state index in [-0.39, 0.29) is 12.2 Å². The number of hydrogen-bond acceptors (Lipinski definition) is 5. The molecule has 0 amide bonds. The summed E-state index contributed by atoms with van der Waals surface area (Å²) in [5.41, 5.74) is 8.28. The van der Waals surface area contributed by atoms with E-state index in [4.69, 9.17) is 18.9 Å². The summed E-state index contributed by atoms with van der Waals surface area (Å²) >= 11 is 0. The van der Waals surface area contributed by atoms with E-state index >= 15 is 0 Å². The summed E-state index contributed by atoms with van der Waals surface area (Å²) in [7, 11) is 0. The first-order valence-corrected chi connectivity index (χ1v) is 16.4. The molecule has 4 atom stereocenters. The molecule has 1 aliphatic heterocycles. The smallest absolute Gasteiger partial charge is 0.151 e. The summed E-state index contributed by atoms with van der Waals surface area (Å²) < 4.78 is 24.8. The lowest BCUT2D eigenvalue weighted by molar-refractivity contribution is -0.204. The molecular weight excluding hydrogens is 572 g/mol. The first-order valence-electron chi connectivity index (χ1n) is 16.4. The Bertz CT molecular complexity index is 1480. The number of carbonyl (C=O) groups excluding carboxylic acids is 1. The molecule has 0 aromatic heterocycles. The zero-order valence-electron chi connectivity index (χ0n) is 26.9. The van der Waals surface area contributed by atoms with Crippen molar-refractivity contribution in [2.75, 3.05) is 13.2 Å². The van der Waals surface area contributed by atoms with Crippen LogP contribution in [0.4, 0.5) is 0 Å². The van der Waals surface area contributed by atoms with E-state index in [1.165, 1.54) is 22.3 Å². The Morgan fingerprint density at radius 2 is 1.48 bits per heavy atom. The molecular formula is C41H46O5. The minimum absolute atomic E-state index is 0.287. The van der Waals surface area contributed by atoms with Crippen LogP contribution in [-0.4, -0.2) is 37.8 Å². The third-order valence-electron chi connectivity index (χ3n) is 8.59. The quantitative estimate of drug-likeness (QED) is 0.0677. The minimum Gasteiger partial charge on any atom is -0.377 e. The molecule has 0 bridgehead atoms. The van der Waals surface area contributed by atoms with Gasteiger partial charge < -0.3 is 23.7 Å². The van der Waals surface area contributed by atoms with Gasteiger partial charge in [0.05, 0.1) is 32.0 Å². The molecule has 0 saturated carbocycles. The summed E-state index contributed by atoms with van der Waals surface area (Å²) in [6, 6.07) is 35.6. The Morgan fingerprint density at radius 1 is 0.804 bits per heavy atom. The number of benzene rings is 4. The molecule has 0 spiro atoms. The van der Waals surface area contributed by atoms with Crippen LogP contribution in [0.5, 0.6) is 0 Å². The maximum absolute atomic E-state index is 12.4. The van der Waals surface area contributed by atoms with Gasteiger partial charge in [-0.15, -0.1) is 6.58 Å². The lowest BCUT2D eigenvalue weighted by Crippen LogP contribution is -2.49. The molecule has 0 radical (unpaired) electrons. The Kier molecular flexibility index (Phi) is 12.9. The van der Waals surface area contributed by atoms with E-state index in [0.717, 1.165) is 55.3 Å². The number of aryl methyl sites for hydroxylation is 2. The molecule has 240 valence electrons. The molecule has 5 nitrogen and oxygen atoms in total. The number of ether oxygens (including phenoxy) is 4. The Labute approximate surface area is 274 Å². The van der Waals surface area contributed by atoms with Crippen LogP contribution < -0.4 is 0 Å². The monoisotopic (exact) mass is 618 g/mol. The average Bonchev–Trinajstić information content (AvgIpc) is 3.10. The van der Waals surface area contributed by atoms with Crippen LogP contribution in [0.3, 0.4) is 0 Å². The largest absolute Gasteiger partial charge is 0.377 e. The normalized spacial score (nSPS) is 19.5. The molecule has 1 saturated heterocycles. The number of aldehydes is 1. The highest BCUT2D eigenvalue weighted by Crippen LogP contribution is 2.36. The number of unbranched alkanes of at least 4 members (excludes halogenated alkanes) is 1. The molecule has 1 heterocycles. The van der Waals surface area contributed by atoms with Crippen LogP contribution in [0, 0.1) is 6.92 Å². The molecule has 1 aliphatic rings. The van der Waals surface area contributed by atoms with Gasteiger partial charge in [0, 0.05) is 13.0 Å². The Balaban J connectivity index is 1.26. The van der Waals surface area contributed by atoms with Crippen molar-refractivity contribution >= 4 is 6.29 Å². The van der Waals surface area contributed by atoms with Crippen molar-refractivity contribution in [1.29, 1.82) is 0 Å². The highest BCUT2D eigenvalue weighted by molar-refractivity contribution is 5.58. The van der Waals surface area contributed by atoms with Crippen LogP contribution in [0.2, 0.25) is 0 Å². The molecule has 0 aliphatic carbocycles. The molecule has 5 rings (SSSR count). The van der Waals surface area contributed by atoms with Crippen molar-refractivity contribution in [3.8, 4) is 0 Å². The molecule has 5 heteroatoms. The Morgan fingerprint density at radius 3 is 2.15 bits per heavy atom. The van der Waals surface area contributed by atoms with Gasteiger partial charge in [0.25, 0.3) is 0 Å². The second-order valence-electron chi connectivity index (χ2n) is 12.1. The summed E-state index contributed by atoms with van der Waals surface area (Å²) in [6.45, 7) is 8.05. The Hall–Kier alpha value is -3.87. The predicted molar refractivity (Wildman–Crippen MR) is 183 cm³/mol. The van der Waals surface area contributed by atoms with Gasteiger partial charge in [-0.2, -0.15) is 0 Å². The van der Waals surface area contributed by atoms with E-state index in [0.29, 0.717) is 26.2 Å². The molecule has 1 fully saturated rings. The molecule has 0 N–H and O–H groups in total. The van der Waals surface area contributed by atoms with Gasteiger partial charge in [-0.25, -0.2) is 0 Å². The average molecular weight is 619 g/mol. The number of rotatable bonds is 17. The summed E-state index contributed by atoms with van der Waals surface area (Å²) in [5, 5.41) is 0. The first kappa shape index (κ1) is 33.5. The van der Waals surface area contributed by atoms with Gasteiger partial charge in [0.1, 0.15) is 12.2 Å². The van der Waals surface area contributed by atoms with Crippen LogP contribution >= 0.6 is 0 Å². The maximum Gasteiger partial charge on any atom is 0.151 e. The van der Waals surface area contributed by atoms with E-state index < -0.39 is 12.2 Å². The van der Waals surface area contributed by atoms with Crippen molar-refractivity contribution in [3.63, 3.8) is 0 Å². The fourth-order valence-electron chi connectivity index (χ4n) is 5.94. The zero-order chi connectivity index (χ0) is 32.0. The maximum atomic E-state index is 12.4. The zero-order valence-corrected chi connectivity index (χ0v) is 26.9. The second-order valence-corrected chi connectivity index (χ2v) is 12.1. The van der Waals surface area contributed by atoms with Crippen molar-refractivity contribution in [2.45, 2.75) is 76.7 Å². The lowest BCUT2D eigenvalue weighted by Gasteiger charge is -2.40. The van der Waals surface area contributed by atoms with Gasteiger partial charge >= 0.3 is 0 Å². The second kappa shape index (κ2) is 17.7. The SMILES string of the molecule is C=CCOCCCCc1ccc(Cc2cc(C3CC(OCc4ccccc4)[C@H](OCc4ccccc4)C(C=O)O3)ccc2C)cc1. The fraction of sp³-hybridized carbons (Fsp3) is 0.341. The van der Waals surface area contributed by atoms with E-state index in [1.807, 2.05) is 60.7 Å². The fourth-order valence-corrected chi connectivity index (χ4v) is 5.94. The van der Waals surface area contributed by atoms with Crippen molar-refractivity contribution in [3.05, 3.63) is 155 Å². The highest BCUT2D eigenvalue weighted by Gasteiger charge is 2.41. The van der Waals surface area contributed by atoms with Crippen LogP contribution in [0.25, 0.3) is 0 Å². The molecule has 4 aromatic rings. The van der Waals surface area contributed by atoms with Gasteiger partial charge in [0.2, 0.25) is 0 Å². The van der Waals surface area contributed by atoms with Crippen molar-refractivity contribution in [1.82, 2.24) is 0 Å². The van der Waals surface area contributed by atoms with E-state index in [2.05, 4.69) is 56.0 Å². The first-order chi connectivity index (χ1) is 22.6. The third kappa shape index (κ3) is 9.81. The molecule has 46 heavy (non-hydrogen) atoms. The standard InChI is InChI=1S/C41H46O5/c1-3-23-43-24-11-10-12-32-18-20-33(21-19-32)25-37-26-36(22-17-31(37)2)38-27-39(44-29-34-13-6-4-7-14-34)41(40(28-42)46-38)45-30-35-15-8-5-9-16-35/h3-9,13-22,26,28,38-41H,1,10-12,23-25,27,29-30H2,2H3/t38?,39?,40?,41-/m0/s1. The number of carbonyl (C=O) groups is 1. The summed E-state index contributed by atoms with van der Waals surface area (Å²) in [4.78, 5) is 12.4. The minimum atomic E-state index is -0.742. The summed E-state index contributed by atoms with van der Waals surface area (Å²) in [6.07, 6.45) is 5.42. The van der Waals surface area contributed by atoms with Crippen LogP contribution in [0.1, 0.15) is 64.3 Å². The van der Waals surface area contributed by atoms with Crippen molar-refractivity contribution in [2.24, 2.45) is 0 Å². The van der Waals surface area contributed by atoms with Crippen LogP contribution in [0.15, 0.2) is 116 Å². The van der Waals surface area contributed by atoms with Crippen molar-refractivity contribution < 1.29 is 23.7 Å². The number of hydrogen-bond donors (Lipinski definition) is 0. The van der Waals surface area contributed by atoms with Crippen LogP contribution in [-0.2, 0) is 49.8 Å². The van der Waals surface area contributed by atoms with E-state index in [1.54, 1.807) is 6.08 Å². The van der Waals surface area contributed by atoms with Gasteiger partial charge in [0.15, 0.2) is 6.29 Å². The van der Waals surface area contributed by atoms with Gasteiger partial charge in [-0.05, 0) is 71.6 Å². The third-order valence-corrected chi connectivity index (χ3v) is 8.59. The highest BCUT2D eigenvalue weighted by atomic mass is 16.6. The van der Waals surface area contributed by atoms with Gasteiger partial charge in [-0.3, -0.25) is 0 Å². The van der Waals surface area contributed by atoms with Gasteiger partial charge in [-0.1, -0.05) is 109 Å². The van der Waals surface area contributed by atoms with E-state index in [9.17, 15) is 4.79 Å². The molecule has 4 aromatic carbocycles. The predicted octanol–water partition coefficient (Wildman–Crippen LogP) is 8.31. The summed E-state index contributed by atoms with van der Waals surface area (Å²) in [5.74, 6) is 0. The topological polar surface area (TPSA) is 54.0 Å².